The van der Waals surface area contributed by atoms with Gasteiger partial charge in [-0.1, -0.05) is 19.1 Å². The summed E-state index contributed by atoms with van der Waals surface area (Å²) in [4.78, 5) is 0. The Morgan fingerprint density at radius 1 is 1.18 bits per heavy atom. The molecule has 2 atom stereocenters. The van der Waals surface area contributed by atoms with Crippen LogP contribution in [0.15, 0.2) is 30.3 Å². The molecular weight excluding hydrogens is 293 g/mol. The minimum Gasteiger partial charge on any atom is -0.388 e. The first-order chi connectivity index (χ1) is 10.3. The van der Waals surface area contributed by atoms with Crippen LogP contribution in [0, 0.1) is 5.92 Å². The van der Waals surface area contributed by atoms with Gasteiger partial charge in [0.05, 0.1) is 23.1 Å². The van der Waals surface area contributed by atoms with Crippen LogP contribution in [0.5, 0.6) is 0 Å². The maximum atomic E-state index is 12.8. The van der Waals surface area contributed by atoms with Crippen molar-refractivity contribution in [2.75, 3.05) is 0 Å². The zero-order valence-corrected chi connectivity index (χ0v) is 11.9. The predicted molar refractivity (Wildman–Crippen MR) is 74.9 cm³/mol. The molecule has 1 heterocycles. The third kappa shape index (κ3) is 2.83. The van der Waals surface area contributed by atoms with E-state index in [4.69, 9.17) is 0 Å². The second-order valence-electron chi connectivity index (χ2n) is 5.77. The van der Waals surface area contributed by atoms with E-state index in [0.717, 1.165) is 24.2 Å². The Morgan fingerprint density at radius 3 is 2.68 bits per heavy atom. The smallest absolute Gasteiger partial charge is 0.388 e. The lowest BCUT2D eigenvalue weighted by atomic mass is 9.86. The Balaban J connectivity index is 2.02. The standard InChI is InChI=1S/C16H15F3N2O/c1-9-5-14-12(15(22)6-9)8-13(20-21-14)10-3-2-4-11(7-10)16(17,18)19/h2-4,7-9,15,22H,5-6H2,1H3/t9-,15+/m0/s1. The van der Waals surface area contributed by atoms with Gasteiger partial charge in [-0.25, -0.2) is 0 Å². The van der Waals surface area contributed by atoms with Crippen LogP contribution in [0.25, 0.3) is 11.3 Å². The van der Waals surface area contributed by atoms with Crippen LogP contribution in [-0.4, -0.2) is 15.3 Å². The topological polar surface area (TPSA) is 46.0 Å². The van der Waals surface area contributed by atoms with Crippen LogP contribution in [0.4, 0.5) is 13.2 Å². The summed E-state index contributed by atoms with van der Waals surface area (Å²) in [6.07, 6.45) is -3.69. The van der Waals surface area contributed by atoms with Crippen molar-refractivity contribution >= 4 is 0 Å². The summed E-state index contributed by atoms with van der Waals surface area (Å²) in [5, 5.41) is 18.3. The van der Waals surface area contributed by atoms with E-state index in [1.165, 1.54) is 6.07 Å². The van der Waals surface area contributed by atoms with E-state index in [1.807, 2.05) is 6.92 Å². The van der Waals surface area contributed by atoms with Gasteiger partial charge in [-0.05, 0) is 37.0 Å². The fourth-order valence-electron chi connectivity index (χ4n) is 2.80. The van der Waals surface area contributed by atoms with Crippen molar-refractivity contribution < 1.29 is 18.3 Å². The molecule has 0 radical (unpaired) electrons. The Labute approximate surface area is 125 Å². The molecule has 1 N–H and O–H groups in total. The number of benzene rings is 1. The second kappa shape index (κ2) is 5.35. The van der Waals surface area contributed by atoms with Crippen molar-refractivity contribution in [3.8, 4) is 11.3 Å². The van der Waals surface area contributed by atoms with Crippen molar-refractivity contribution in [3.63, 3.8) is 0 Å². The summed E-state index contributed by atoms with van der Waals surface area (Å²) in [7, 11) is 0. The van der Waals surface area contributed by atoms with Crippen molar-refractivity contribution in [3.05, 3.63) is 47.2 Å². The number of rotatable bonds is 1. The zero-order chi connectivity index (χ0) is 15.9. The quantitative estimate of drug-likeness (QED) is 0.872. The van der Waals surface area contributed by atoms with E-state index in [9.17, 15) is 18.3 Å². The molecule has 116 valence electrons. The Morgan fingerprint density at radius 2 is 1.95 bits per heavy atom. The Kier molecular flexibility index (Phi) is 3.64. The molecule has 6 heteroatoms. The highest BCUT2D eigenvalue weighted by atomic mass is 19.4. The lowest BCUT2D eigenvalue weighted by molar-refractivity contribution is -0.137. The average molecular weight is 308 g/mol. The molecule has 0 spiro atoms. The number of aliphatic hydroxyl groups is 1. The molecule has 0 aliphatic heterocycles. The fraction of sp³-hybridized carbons (Fsp3) is 0.375. The molecule has 1 aromatic heterocycles. The lowest BCUT2D eigenvalue weighted by Gasteiger charge is -2.25. The van der Waals surface area contributed by atoms with Gasteiger partial charge in [0.1, 0.15) is 0 Å². The van der Waals surface area contributed by atoms with Gasteiger partial charge in [-0.3, -0.25) is 0 Å². The number of hydrogen-bond donors (Lipinski definition) is 1. The van der Waals surface area contributed by atoms with Gasteiger partial charge in [-0.15, -0.1) is 0 Å². The predicted octanol–water partition coefficient (Wildman–Crippen LogP) is 3.78. The SMILES string of the molecule is C[C@H]1Cc2nnc(-c3cccc(C(F)(F)F)c3)cc2[C@H](O)C1. The van der Waals surface area contributed by atoms with E-state index in [-0.39, 0.29) is 0 Å². The first-order valence-corrected chi connectivity index (χ1v) is 7.07. The number of hydrogen-bond acceptors (Lipinski definition) is 3. The fourth-order valence-corrected chi connectivity index (χ4v) is 2.80. The van der Waals surface area contributed by atoms with Gasteiger partial charge in [0.25, 0.3) is 0 Å². The number of halogens is 3. The van der Waals surface area contributed by atoms with Gasteiger partial charge in [-0.2, -0.15) is 23.4 Å². The molecule has 1 aliphatic carbocycles. The summed E-state index contributed by atoms with van der Waals surface area (Å²) in [6.45, 7) is 2.02. The molecule has 22 heavy (non-hydrogen) atoms. The number of fused-ring (bicyclic) bond motifs is 1. The van der Waals surface area contributed by atoms with E-state index < -0.39 is 17.8 Å². The highest BCUT2D eigenvalue weighted by Crippen LogP contribution is 2.35. The molecule has 0 saturated heterocycles. The van der Waals surface area contributed by atoms with Crippen molar-refractivity contribution in [1.82, 2.24) is 10.2 Å². The Hall–Kier alpha value is -1.95. The third-order valence-electron chi connectivity index (χ3n) is 3.92. The number of alkyl halides is 3. The van der Waals surface area contributed by atoms with Crippen LogP contribution < -0.4 is 0 Å². The molecule has 3 rings (SSSR count). The average Bonchev–Trinajstić information content (AvgIpc) is 2.46. The van der Waals surface area contributed by atoms with Gasteiger partial charge in [0, 0.05) is 11.1 Å². The molecule has 2 aromatic rings. The maximum absolute atomic E-state index is 12.8. The van der Waals surface area contributed by atoms with Crippen molar-refractivity contribution in [1.29, 1.82) is 0 Å². The van der Waals surface area contributed by atoms with Crippen LogP contribution >= 0.6 is 0 Å². The van der Waals surface area contributed by atoms with Gasteiger partial charge >= 0.3 is 6.18 Å². The van der Waals surface area contributed by atoms with Gasteiger partial charge in [0.2, 0.25) is 0 Å². The molecule has 0 amide bonds. The van der Waals surface area contributed by atoms with Crippen LogP contribution in [-0.2, 0) is 12.6 Å². The third-order valence-corrected chi connectivity index (χ3v) is 3.92. The van der Waals surface area contributed by atoms with E-state index in [0.29, 0.717) is 29.2 Å². The van der Waals surface area contributed by atoms with Gasteiger partial charge in [0.15, 0.2) is 0 Å². The van der Waals surface area contributed by atoms with Crippen molar-refractivity contribution in [2.24, 2.45) is 5.92 Å². The monoisotopic (exact) mass is 308 g/mol. The Bertz CT molecular complexity index is 700. The minimum absolute atomic E-state index is 0.316. The van der Waals surface area contributed by atoms with E-state index in [1.54, 1.807) is 12.1 Å². The second-order valence-corrected chi connectivity index (χ2v) is 5.77. The van der Waals surface area contributed by atoms with E-state index >= 15 is 0 Å². The molecule has 0 unspecified atom stereocenters. The number of aromatic nitrogens is 2. The minimum atomic E-state index is -4.40. The van der Waals surface area contributed by atoms with Crippen molar-refractivity contribution in [2.45, 2.75) is 32.0 Å². The van der Waals surface area contributed by atoms with Crippen LogP contribution in [0.3, 0.4) is 0 Å². The summed E-state index contributed by atoms with van der Waals surface area (Å²) in [5.41, 5.74) is 1.36. The lowest BCUT2D eigenvalue weighted by Crippen LogP contribution is -2.18. The number of aliphatic hydroxyl groups excluding tert-OH is 1. The van der Waals surface area contributed by atoms with Crippen LogP contribution in [0.2, 0.25) is 0 Å². The molecule has 1 aromatic carbocycles. The van der Waals surface area contributed by atoms with Gasteiger partial charge < -0.3 is 5.11 Å². The molecule has 3 nitrogen and oxygen atoms in total. The summed E-state index contributed by atoms with van der Waals surface area (Å²) in [6, 6.07) is 6.62. The molecule has 0 fully saturated rings. The highest BCUT2D eigenvalue weighted by Gasteiger charge is 2.31. The normalized spacial score (nSPS) is 21.5. The summed E-state index contributed by atoms with van der Waals surface area (Å²) < 4.78 is 38.4. The molecule has 1 aliphatic rings. The zero-order valence-electron chi connectivity index (χ0n) is 11.9. The maximum Gasteiger partial charge on any atom is 0.416 e. The first-order valence-electron chi connectivity index (χ1n) is 7.07. The first kappa shape index (κ1) is 15.0. The largest absolute Gasteiger partial charge is 0.416 e. The summed E-state index contributed by atoms with van der Waals surface area (Å²) in [5.74, 6) is 0.316. The van der Waals surface area contributed by atoms with E-state index in [2.05, 4.69) is 10.2 Å². The molecular formula is C16H15F3N2O. The molecule has 0 saturated carbocycles. The molecule has 0 bridgehead atoms. The summed E-state index contributed by atoms with van der Waals surface area (Å²) >= 11 is 0. The highest BCUT2D eigenvalue weighted by molar-refractivity contribution is 5.61. The van der Waals surface area contributed by atoms with Crippen LogP contribution in [0.1, 0.15) is 36.3 Å². The number of nitrogens with zero attached hydrogens (tertiary/aromatic N) is 2.